The van der Waals surface area contributed by atoms with Gasteiger partial charge >= 0.3 is 0 Å². The highest BCUT2D eigenvalue weighted by Gasteiger charge is 2.27. The lowest BCUT2D eigenvalue weighted by Gasteiger charge is -2.22. The molecule has 1 unspecified atom stereocenters. The van der Waals surface area contributed by atoms with E-state index in [2.05, 4.69) is 33.0 Å². The minimum absolute atomic E-state index is 0.0557. The molecular formula is C24H31N5O2. The van der Waals surface area contributed by atoms with E-state index in [4.69, 9.17) is 4.98 Å². The van der Waals surface area contributed by atoms with Crippen molar-refractivity contribution in [1.82, 2.24) is 15.6 Å². The van der Waals surface area contributed by atoms with Crippen LogP contribution in [0.15, 0.2) is 36.4 Å². The van der Waals surface area contributed by atoms with Crippen LogP contribution in [0, 0.1) is 12.8 Å². The van der Waals surface area contributed by atoms with Gasteiger partial charge in [-0.2, -0.15) is 0 Å². The number of aryl methyl sites for hydroxylation is 1. The van der Waals surface area contributed by atoms with Gasteiger partial charge in [0, 0.05) is 38.3 Å². The zero-order chi connectivity index (χ0) is 21.6. The van der Waals surface area contributed by atoms with Crippen molar-refractivity contribution in [3.05, 3.63) is 47.7 Å². The second-order valence-electron chi connectivity index (χ2n) is 8.45. The first-order chi connectivity index (χ1) is 15.1. The van der Waals surface area contributed by atoms with E-state index in [9.17, 15) is 9.59 Å². The van der Waals surface area contributed by atoms with Crippen molar-refractivity contribution >= 4 is 29.0 Å². The lowest BCUT2D eigenvalue weighted by Crippen LogP contribution is -2.31. The van der Waals surface area contributed by atoms with Crippen LogP contribution in [0.4, 0.5) is 17.2 Å². The molecule has 2 amide bonds. The van der Waals surface area contributed by atoms with Gasteiger partial charge in [0.2, 0.25) is 11.8 Å². The van der Waals surface area contributed by atoms with Crippen LogP contribution in [0.3, 0.4) is 0 Å². The number of carbonyl (C=O) groups excluding carboxylic acids is 2. The minimum Gasteiger partial charge on any atom is -0.357 e. The van der Waals surface area contributed by atoms with E-state index in [1.807, 2.05) is 31.2 Å². The Hall–Kier alpha value is -3.09. The molecule has 4 rings (SSSR count). The molecule has 3 heterocycles. The average Bonchev–Trinajstić information content (AvgIpc) is 3.04. The molecule has 31 heavy (non-hydrogen) atoms. The number of benzene rings is 1. The van der Waals surface area contributed by atoms with Crippen LogP contribution in [-0.2, 0) is 16.1 Å². The number of nitrogens with zero attached hydrogens (tertiary/aromatic N) is 2. The van der Waals surface area contributed by atoms with Crippen LogP contribution in [0.2, 0.25) is 0 Å². The summed E-state index contributed by atoms with van der Waals surface area (Å²) in [5, 5.41) is 9.05. The van der Waals surface area contributed by atoms with Gasteiger partial charge in [0.1, 0.15) is 5.82 Å². The van der Waals surface area contributed by atoms with E-state index in [0.29, 0.717) is 13.1 Å². The second kappa shape index (κ2) is 9.81. The largest absolute Gasteiger partial charge is 0.357 e. The van der Waals surface area contributed by atoms with Crippen molar-refractivity contribution in [2.24, 2.45) is 5.92 Å². The minimum atomic E-state index is -0.263. The van der Waals surface area contributed by atoms with Gasteiger partial charge in [-0.3, -0.25) is 9.59 Å². The predicted molar refractivity (Wildman–Crippen MR) is 122 cm³/mol. The summed E-state index contributed by atoms with van der Waals surface area (Å²) in [6.07, 6.45) is 5.38. The van der Waals surface area contributed by atoms with Crippen molar-refractivity contribution in [3.63, 3.8) is 0 Å². The maximum absolute atomic E-state index is 12.1. The molecule has 2 aliphatic heterocycles. The fraction of sp³-hybridized carbons (Fsp3) is 0.458. The van der Waals surface area contributed by atoms with Gasteiger partial charge in [0.05, 0.1) is 17.3 Å². The molecular weight excluding hydrogens is 390 g/mol. The first kappa shape index (κ1) is 21.2. The highest BCUT2D eigenvalue weighted by atomic mass is 16.2. The number of carbonyl (C=O) groups is 2. The number of amides is 2. The van der Waals surface area contributed by atoms with Gasteiger partial charge in [-0.25, -0.2) is 4.98 Å². The van der Waals surface area contributed by atoms with Crippen molar-refractivity contribution in [2.75, 3.05) is 29.9 Å². The average molecular weight is 422 g/mol. The van der Waals surface area contributed by atoms with Gasteiger partial charge in [-0.05, 0) is 49.6 Å². The number of rotatable bonds is 6. The SMILES string of the molecule is Cc1nc(N2CCCCCC2)ccc1Nc1ccc(CNC(=O)C2CNC(=O)C2)cc1. The maximum atomic E-state index is 12.1. The third kappa shape index (κ3) is 5.54. The molecule has 164 valence electrons. The summed E-state index contributed by atoms with van der Waals surface area (Å²) in [5.74, 6) is 0.669. The fourth-order valence-corrected chi connectivity index (χ4v) is 4.14. The lowest BCUT2D eigenvalue weighted by atomic mass is 10.1. The predicted octanol–water partition coefficient (Wildman–Crippen LogP) is 3.27. The van der Waals surface area contributed by atoms with E-state index in [-0.39, 0.29) is 24.2 Å². The first-order valence-corrected chi connectivity index (χ1v) is 11.2. The Morgan fingerprint density at radius 1 is 1.10 bits per heavy atom. The Morgan fingerprint density at radius 3 is 2.48 bits per heavy atom. The molecule has 2 saturated heterocycles. The molecule has 0 aliphatic carbocycles. The summed E-state index contributed by atoms with van der Waals surface area (Å²) in [4.78, 5) is 30.6. The summed E-state index contributed by atoms with van der Waals surface area (Å²) >= 11 is 0. The van der Waals surface area contributed by atoms with E-state index in [0.717, 1.165) is 41.5 Å². The summed E-state index contributed by atoms with van der Waals surface area (Å²) in [5.41, 5.74) is 3.98. The Balaban J connectivity index is 1.32. The van der Waals surface area contributed by atoms with E-state index < -0.39 is 0 Å². The first-order valence-electron chi connectivity index (χ1n) is 11.2. The van der Waals surface area contributed by atoms with Gasteiger partial charge in [0.25, 0.3) is 0 Å². The number of hydrogen-bond donors (Lipinski definition) is 3. The van der Waals surface area contributed by atoms with Gasteiger partial charge in [-0.15, -0.1) is 0 Å². The number of pyridine rings is 1. The maximum Gasteiger partial charge on any atom is 0.225 e. The quantitative estimate of drug-likeness (QED) is 0.667. The Kier molecular flexibility index (Phi) is 6.70. The summed E-state index contributed by atoms with van der Waals surface area (Å²) < 4.78 is 0. The zero-order valence-corrected chi connectivity index (χ0v) is 18.1. The summed E-state index contributed by atoms with van der Waals surface area (Å²) in [7, 11) is 0. The Bertz CT molecular complexity index is 920. The van der Waals surface area contributed by atoms with Gasteiger partial charge in [-0.1, -0.05) is 25.0 Å². The molecule has 3 N–H and O–H groups in total. The number of aromatic nitrogens is 1. The van der Waals surface area contributed by atoms with Crippen LogP contribution in [0.25, 0.3) is 0 Å². The second-order valence-corrected chi connectivity index (χ2v) is 8.45. The Morgan fingerprint density at radius 2 is 1.84 bits per heavy atom. The van der Waals surface area contributed by atoms with Crippen LogP contribution in [0.5, 0.6) is 0 Å². The van der Waals surface area contributed by atoms with Crippen molar-refractivity contribution in [3.8, 4) is 0 Å². The number of hydrogen-bond acceptors (Lipinski definition) is 5. The molecule has 2 aromatic rings. The number of anilines is 3. The highest BCUT2D eigenvalue weighted by Crippen LogP contribution is 2.24. The van der Waals surface area contributed by atoms with Crippen LogP contribution in [-0.4, -0.2) is 36.4 Å². The van der Waals surface area contributed by atoms with Crippen LogP contribution < -0.4 is 20.9 Å². The molecule has 0 spiro atoms. The molecule has 2 fully saturated rings. The van der Waals surface area contributed by atoms with Crippen LogP contribution >= 0.6 is 0 Å². The number of nitrogens with one attached hydrogen (secondary N) is 3. The molecule has 1 aromatic heterocycles. The van der Waals surface area contributed by atoms with Crippen molar-refractivity contribution < 1.29 is 9.59 Å². The van der Waals surface area contributed by atoms with Gasteiger partial charge in [0.15, 0.2) is 0 Å². The summed E-state index contributed by atoms with van der Waals surface area (Å²) in [6.45, 7) is 5.10. The monoisotopic (exact) mass is 421 g/mol. The molecule has 2 aliphatic rings. The normalized spacial score (nSPS) is 18.9. The molecule has 0 radical (unpaired) electrons. The molecule has 7 heteroatoms. The fourth-order valence-electron chi connectivity index (χ4n) is 4.14. The topological polar surface area (TPSA) is 86.4 Å². The van der Waals surface area contributed by atoms with Crippen molar-refractivity contribution in [1.29, 1.82) is 0 Å². The van der Waals surface area contributed by atoms with Crippen molar-refractivity contribution in [2.45, 2.75) is 45.6 Å². The summed E-state index contributed by atoms with van der Waals surface area (Å²) in [6, 6.07) is 12.2. The Labute approximate surface area is 183 Å². The molecule has 1 atom stereocenters. The van der Waals surface area contributed by atoms with Gasteiger partial charge < -0.3 is 20.9 Å². The zero-order valence-electron chi connectivity index (χ0n) is 18.1. The third-order valence-electron chi connectivity index (χ3n) is 6.05. The van der Waals surface area contributed by atoms with Crippen LogP contribution in [0.1, 0.15) is 43.4 Å². The van der Waals surface area contributed by atoms with E-state index >= 15 is 0 Å². The van der Waals surface area contributed by atoms with E-state index in [1.54, 1.807) is 0 Å². The van der Waals surface area contributed by atoms with E-state index in [1.165, 1.54) is 25.7 Å². The highest BCUT2D eigenvalue weighted by molar-refractivity contribution is 5.89. The molecule has 0 saturated carbocycles. The lowest BCUT2D eigenvalue weighted by molar-refractivity contribution is -0.126. The molecule has 0 bridgehead atoms. The molecule has 7 nitrogen and oxygen atoms in total. The molecule has 1 aromatic carbocycles. The smallest absolute Gasteiger partial charge is 0.225 e. The standard InChI is InChI=1S/C24H31N5O2/c1-17-21(10-11-22(27-17)29-12-4-2-3-5-13-29)28-20-8-6-18(7-9-20)15-26-24(31)19-14-23(30)25-16-19/h6-11,19,28H,2-5,12-16H2,1H3,(H,25,30)(H,26,31). The third-order valence-corrected chi connectivity index (χ3v) is 6.05.